The molecule has 26 heavy (non-hydrogen) atoms. The summed E-state index contributed by atoms with van der Waals surface area (Å²) in [5, 5.41) is 1.97. The highest BCUT2D eigenvalue weighted by atomic mass is 35.5. The second-order valence-corrected chi connectivity index (χ2v) is 13.8. The minimum absolute atomic E-state index is 0.0466. The van der Waals surface area contributed by atoms with E-state index in [1.54, 1.807) is 0 Å². The van der Waals surface area contributed by atoms with Crippen LogP contribution in [0.15, 0.2) is 48.5 Å². The smallest absolute Gasteiger partial charge is 0.193 e. The molecule has 0 amide bonds. The van der Waals surface area contributed by atoms with Gasteiger partial charge in [0.25, 0.3) is 0 Å². The van der Waals surface area contributed by atoms with E-state index in [-0.39, 0.29) is 11.1 Å². The highest BCUT2D eigenvalue weighted by molar-refractivity contribution is 6.74. The first-order chi connectivity index (χ1) is 12.2. The van der Waals surface area contributed by atoms with Gasteiger partial charge in [-0.3, -0.25) is 0 Å². The number of halogens is 1. The average molecular weight is 382 g/mol. The van der Waals surface area contributed by atoms with Gasteiger partial charge >= 0.3 is 0 Å². The number of benzene rings is 2. The number of aromatic nitrogens is 1. The molecule has 0 saturated heterocycles. The molecule has 0 radical (unpaired) electrons. The lowest BCUT2D eigenvalue weighted by molar-refractivity contribution is 0.226. The van der Waals surface area contributed by atoms with E-state index in [1.807, 2.05) is 18.2 Å². The van der Waals surface area contributed by atoms with Gasteiger partial charge in [-0.1, -0.05) is 62.7 Å². The molecule has 2 aromatic carbocycles. The second kappa shape index (κ2) is 5.91. The number of nitrogens with zero attached hydrogens (tertiary/aromatic N) is 1. The van der Waals surface area contributed by atoms with Gasteiger partial charge in [0.2, 0.25) is 0 Å². The quantitative estimate of drug-likeness (QED) is 0.446. The predicted molar refractivity (Wildman–Crippen MR) is 112 cm³/mol. The fourth-order valence-electron chi connectivity index (χ4n) is 3.28. The monoisotopic (exact) mass is 381 g/mol. The number of hydrogen-bond donors (Lipinski definition) is 0. The Bertz CT molecular complexity index is 1010. The number of hydrogen-bond acceptors (Lipinski definition) is 2. The normalized spacial score (nSPS) is 16.6. The molecule has 0 N–H and O–H groups in total. The standard InChI is InChI=1S/C22H24ClNOSi/c1-22(2,3)26(4,5)25-21-17-9-7-6-8-16(17)20-18(21)12-14-10-11-15(23)13-19(14)24-20/h6-13,21H,1-5H3. The molecule has 134 valence electrons. The van der Waals surface area contributed by atoms with Gasteiger partial charge in [0.15, 0.2) is 8.32 Å². The highest BCUT2D eigenvalue weighted by Crippen LogP contribution is 2.49. The first kappa shape index (κ1) is 17.7. The van der Waals surface area contributed by atoms with Crippen molar-refractivity contribution in [2.45, 2.75) is 45.0 Å². The summed E-state index contributed by atoms with van der Waals surface area (Å²) in [6.45, 7) is 11.5. The summed E-state index contributed by atoms with van der Waals surface area (Å²) in [6, 6.07) is 16.6. The van der Waals surface area contributed by atoms with Crippen LogP contribution in [0.4, 0.5) is 0 Å². The van der Waals surface area contributed by atoms with Gasteiger partial charge in [-0.15, -0.1) is 0 Å². The molecular weight excluding hydrogens is 358 g/mol. The third-order valence-corrected chi connectivity index (χ3v) is 10.5. The van der Waals surface area contributed by atoms with Gasteiger partial charge in [0.1, 0.15) is 0 Å². The van der Waals surface area contributed by atoms with Gasteiger partial charge in [-0.05, 0) is 41.9 Å². The molecule has 0 fully saturated rings. The van der Waals surface area contributed by atoms with Gasteiger partial charge in [0, 0.05) is 21.5 Å². The molecule has 1 atom stereocenters. The number of fused-ring (bicyclic) bond motifs is 4. The van der Waals surface area contributed by atoms with E-state index in [0.29, 0.717) is 5.02 Å². The SMILES string of the molecule is CC(C)(C)[Si](C)(C)OC1c2ccccc2-c2nc3cc(Cl)ccc3cc21. The second-order valence-electron chi connectivity index (χ2n) is 8.61. The molecule has 2 nitrogen and oxygen atoms in total. The Morgan fingerprint density at radius 1 is 1.00 bits per heavy atom. The Kier molecular flexibility index (Phi) is 4.03. The van der Waals surface area contributed by atoms with Gasteiger partial charge in [-0.2, -0.15) is 0 Å². The molecule has 1 aliphatic carbocycles. The van der Waals surface area contributed by atoms with Crippen molar-refractivity contribution < 1.29 is 4.43 Å². The Hall–Kier alpha value is -1.68. The molecule has 1 aromatic heterocycles. The van der Waals surface area contributed by atoms with Crippen molar-refractivity contribution in [1.29, 1.82) is 0 Å². The molecule has 3 aromatic rings. The number of rotatable bonds is 2. The minimum atomic E-state index is -1.93. The first-order valence-corrected chi connectivity index (χ1v) is 12.3. The van der Waals surface area contributed by atoms with Crippen molar-refractivity contribution in [2.24, 2.45) is 0 Å². The maximum Gasteiger partial charge on any atom is 0.193 e. The van der Waals surface area contributed by atoms with Crippen LogP contribution in [0.25, 0.3) is 22.2 Å². The van der Waals surface area contributed by atoms with Crippen molar-refractivity contribution in [3.05, 3.63) is 64.7 Å². The maximum atomic E-state index is 6.86. The Morgan fingerprint density at radius 3 is 2.46 bits per heavy atom. The van der Waals surface area contributed by atoms with Crippen LogP contribution in [-0.2, 0) is 4.43 Å². The van der Waals surface area contributed by atoms with Crippen LogP contribution in [0.1, 0.15) is 38.0 Å². The number of pyridine rings is 1. The summed E-state index contributed by atoms with van der Waals surface area (Å²) >= 11 is 6.18. The molecule has 0 bridgehead atoms. The third-order valence-electron chi connectivity index (χ3n) is 5.81. The minimum Gasteiger partial charge on any atom is -0.406 e. The Balaban J connectivity index is 1.91. The summed E-state index contributed by atoms with van der Waals surface area (Å²) < 4.78 is 6.86. The van der Waals surface area contributed by atoms with Crippen molar-refractivity contribution >= 4 is 30.8 Å². The fraction of sp³-hybridized carbons (Fsp3) is 0.318. The molecular formula is C22H24ClNOSi. The third kappa shape index (κ3) is 2.79. The summed E-state index contributed by atoms with van der Waals surface area (Å²) in [6.07, 6.45) is -0.0466. The molecule has 1 unspecified atom stereocenters. The van der Waals surface area contributed by atoms with Crippen molar-refractivity contribution in [2.75, 3.05) is 0 Å². The van der Waals surface area contributed by atoms with Gasteiger partial charge in [0.05, 0.1) is 17.3 Å². The van der Waals surface area contributed by atoms with Crippen molar-refractivity contribution in [1.82, 2.24) is 4.98 Å². The van der Waals surface area contributed by atoms with Crippen LogP contribution >= 0.6 is 11.6 Å². The van der Waals surface area contributed by atoms with E-state index >= 15 is 0 Å². The molecule has 4 heteroatoms. The molecule has 0 spiro atoms. The molecule has 0 aliphatic heterocycles. The van der Waals surface area contributed by atoms with Gasteiger partial charge < -0.3 is 4.43 Å². The van der Waals surface area contributed by atoms with E-state index in [4.69, 9.17) is 21.0 Å². The zero-order valence-corrected chi connectivity index (χ0v) is 17.7. The topological polar surface area (TPSA) is 22.1 Å². The summed E-state index contributed by atoms with van der Waals surface area (Å²) in [5.41, 5.74) is 5.53. The maximum absolute atomic E-state index is 6.86. The van der Waals surface area contributed by atoms with E-state index < -0.39 is 8.32 Å². The Labute approximate surface area is 161 Å². The van der Waals surface area contributed by atoms with Crippen LogP contribution in [0.5, 0.6) is 0 Å². The highest BCUT2D eigenvalue weighted by Gasteiger charge is 2.42. The largest absolute Gasteiger partial charge is 0.406 e. The van der Waals surface area contributed by atoms with Crippen LogP contribution in [0.2, 0.25) is 23.2 Å². The lowest BCUT2D eigenvalue weighted by atomic mass is 10.1. The first-order valence-electron chi connectivity index (χ1n) is 9.05. The average Bonchev–Trinajstić information content (AvgIpc) is 2.85. The summed E-state index contributed by atoms with van der Waals surface area (Å²) in [4.78, 5) is 4.95. The summed E-state index contributed by atoms with van der Waals surface area (Å²) in [5.74, 6) is 0. The fourth-order valence-corrected chi connectivity index (χ4v) is 4.64. The predicted octanol–water partition coefficient (Wildman–Crippen LogP) is 6.98. The van der Waals surface area contributed by atoms with E-state index in [2.05, 4.69) is 64.2 Å². The van der Waals surface area contributed by atoms with E-state index in [1.165, 1.54) is 16.7 Å². The van der Waals surface area contributed by atoms with Crippen LogP contribution in [-0.4, -0.2) is 13.3 Å². The molecule has 0 saturated carbocycles. The van der Waals surface area contributed by atoms with Crippen LogP contribution in [0.3, 0.4) is 0 Å². The Morgan fingerprint density at radius 2 is 1.73 bits per heavy atom. The van der Waals surface area contributed by atoms with Crippen LogP contribution < -0.4 is 0 Å². The van der Waals surface area contributed by atoms with Crippen molar-refractivity contribution in [3.63, 3.8) is 0 Å². The lowest BCUT2D eigenvalue weighted by Gasteiger charge is -2.38. The summed E-state index contributed by atoms with van der Waals surface area (Å²) in [7, 11) is -1.93. The van der Waals surface area contributed by atoms with Crippen LogP contribution in [0, 0.1) is 0 Å². The molecule has 4 rings (SSSR count). The van der Waals surface area contributed by atoms with Crippen molar-refractivity contribution in [3.8, 4) is 11.3 Å². The van der Waals surface area contributed by atoms with E-state index in [0.717, 1.165) is 16.6 Å². The van der Waals surface area contributed by atoms with E-state index in [9.17, 15) is 0 Å². The zero-order chi connectivity index (χ0) is 18.7. The lowest BCUT2D eigenvalue weighted by Crippen LogP contribution is -2.41. The zero-order valence-electron chi connectivity index (χ0n) is 15.9. The molecule has 1 aliphatic rings. The molecule has 1 heterocycles. The van der Waals surface area contributed by atoms with Gasteiger partial charge in [-0.25, -0.2) is 4.98 Å².